The van der Waals surface area contributed by atoms with Gasteiger partial charge in [-0.1, -0.05) is 17.7 Å². The third-order valence-corrected chi connectivity index (χ3v) is 4.52. The fourth-order valence-corrected chi connectivity index (χ4v) is 2.88. The van der Waals surface area contributed by atoms with E-state index in [9.17, 15) is 26.3 Å². The van der Waals surface area contributed by atoms with Crippen molar-refractivity contribution in [2.24, 2.45) is 0 Å². The normalized spacial score (nSPS) is 12.2. The monoisotopic (exact) mass is 401 g/mol. The van der Waals surface area contributed by atoms with E-state index in [1.54, 1.807) is 0 Å². The number of hydrogen-bond donors (Lipinski definition) is 2. The Bertz CT molecular complexity index is 784. The van der Waals surface area contributed by atoms with Gasteiger partial charge in [0, 0.05) is 12.7 Å². The number of thiophene rings is 1. The third-order valence-electron chi connectivity index (χ3n) is 3.12. The second kappa shape index (κ2) is 6.75. The molecular weight excluding hydrogens is 392 g/mol. The Morgan fingerprint density at radius 2 is 1.76 bits per heavy atom. The lowest BCUT2D eigenvalue weighted by molar-refractivity contribution is -0.137. The molecule has 0 fully saturated rings. The summed E-state index contributed by atoms with van der Waals surface area (Å²) in [6.45, 7) is 0. The number of halogens is 7. The van der Waals surface area contributed by atoms with Crippen molar-refractivity contribution in [3.05, 3.63) is 45.1 Å². The van der Waals surface area contributed by atoms with Gasteiger partial charge in [0.25, 0.3) is 0 Å². The van der Waals surface area contributed by atoms with Crippen molar-refractivity contribution in [1.29, 1.82) is 5.41 Å². The number of benzene rings is 1. The summed E-state index contributed by atoms with van der Waals surface area (Å²) in [7, 11) is 1.30. The fraction of sp³-hybridized carbons (Fsp3) is 0.214. The molecule has 0 unspecified atom stereocenters. The molecule has 0 saturated heterocycles. The minimum absolute atomic E-state index is 0.0368. The Balaban J connectivity index is 2.20. The lowest BCUT2D eigenvalue weighted by Crippen LogP contribution is -2.32. The van der Waals surface area contributed by atoms with Gasteiger partial charge in [0.1, 0.15) is 9.21 Å². The summed E-state index contributed by atoms with van der Waals surface area (Å²) in [5, 5.41) is 10.2. The Morgan fingerprint density at radius 1 is 1.12 bits per heavy atom. The van der Waals surface area contributed by atoms with Gasteiger partial charge in [-0.15, -0.1) is 11.3 Å². The molecule has 11 heteroatoms. The Kier molecular flexibility index (Phi) is 5.24. The summed E-state index contributed by atoms with van der Waals surface area (Å²) in [5.74, 6) is -0.437. The smallest absolute Gasteiger partial charge is 0.324 e. The topological polar surface area (TPSA) is 39.1 Å². The van der Waals surface area contributed by atoms with Crippen LogP contribution in [0.15, 0.2) is 30.3 Å². The van der Waals surface area contributed by atoms with E-state index in [-0.39, 0.29) is 15.7 Å². The lowest BCUT2D eigenvalue weighted by atomic mass is 10.2. The number of guanidine groups is 1. The van der Waals surface area contributed by atoms with Crippen molar-refractivity contribution in [2.75, 3.05) is 17.3 Å². The summed E-state index contributed by atoms with van der Waals surface area (Å²) in [4.78, 5) is 0.103. The van der Waals surface area contributed by atoms with Crippen LogP contribution in [0.25, 0.3) is 0 Å². The van der Waals surface area contributed by atoms with Gasteiger partial charge in [-0.2, -0.15) is 26.3 Å². The highest BCUT2D eigenvalue weighted by Gasteiger charge is 2.34. The predicted molar refractivity (Wildman–Crippen MR) is 85.5 cm³/mol. The maximum absolute atomic E-state index is 12.7. The standard InChI is InChI=1S/C14H10ClF6N3S/c1-24(8-4-2-3-7(5-8)13(16,17)18)12(22)23-9-6-10(14(19,20)21)25-11(9)15/h2-6H,1H3,(H2,22,23). The number of anilines is 2. The van der Waals surface area contributed by atoms with Crippen molar-refractivity contribution < 1.29 is 26.3 Å². The van der Waals surface area contributed by atoms with Gasteiger partial charge in [0.05, 0.1) is 11.3 Å². The van der Waals surface area contributed by atoms with Crippen molar-refractivity contribution >= 4 is 40.3 Å². The first kappa shape index (κ1) is 19.4. The van der Waals surface area contributed by atoms with E-state index >= 15 is 0 Å². The molecule has 0 aliphatic heterocycles. The summed E-state index contributed by atoms with van der Waals surface area (Å²) in [6.07, 6.45) is -9.13. The van der Waals surface area contributed by atoms with Gasteiger partial charge in [-0.3, -0.25) is 5.41 Å². The number of alkyl halides is 6. The van der Waals surface area contributed by atoms with E-state index in [1.807, 2.05) is 0 Å². The molecule has 0 amide bonds. The van der Waals surface area contributed by atoms with Crippen LogP contribution in [0.5, 0.6) is 0 Å². The fourth-order valence-electron chi connectivity index (χ4n) is 1.83. The van der Waals surface area contributed by atoms with E-state index in [2.05, 4.69) is 5.32 Å². The summed E-state index contributed by atoms with van der Waals surface area (Å²) >= 11 is 6.01. The first-order valence-corrected chi connectivity index (χ1v) is 7.72. The molecular formula is C14H10ClF6N3S. The summed E-state index contributed by atoms with van der Waals surface area (Å²) in [5.41, 5.74) is -1.02. The number of nitrogens with zero attached hydrogens (tertiary/aromatic N) is 1. The molecule has 0 aliphatic carbocycles. The Morgan fingerprint density at radius 3 is 2.28 bits per heavy atom. The molecule has 0 spiro atoms. The highest BCUT2D eigenvalue weighted by atomic mass is 35.5. The van der Waals surface area contributed by atoms with E-state index in [0.717, 1.165) is 23.1 Å². The van der Waals surface area contributed by atoms with Crippen LogP contribution < -0.4 is 10.2 Å². The molecule has 0 radical (unpaired) electrons. The van der Waals surface area contributed by atoms with Crippen molar-refractivity contribution in [3.8, 4) is 0 Å². The van der Waals surface area contributed by atoms with Gasteiger partial charge in [0.15, 0.2) is 5.96 Å². The largest absolute Gasteiger partial charge is 0.425 e. The molecule has 1 aromatic carbocycles. The molecule has 1 aromatic heterocycles. The van der Waals surface area contributed by atoms with Gasteiger partial charge in [-0.05, 0) is 24.3 Å². The maximum Gasteiger partial charge on any atom is 0.425 e. The third kappa shape index (κ3) is 4.57. The number of nitrogens with one attached hydrogen (secondary N) is 2. The Labute approximate surface area is 147 Å². The van der Waals surface area contributed by atoms with Crippen LogP contribution in [0.1, 0.15) is 10.4 Å². The quantitative estimate of drug-likeness (QED) is 0.372. The van der Waals surface area contributed by atoms with E-state index in [4.69, 9.17) is 17.0 Å². The Hall–Kier alpha value is -1.94. The number of hydrogen-bond acceptors (Lipinski definition) is 2. The van der Waals surface area contributed by atoms with Crippen LogP contribution in [0, 0.1) is 5.41 Å². The molecule has 136 valence electrons. The zero-order valence-corrected chi connectivity index (χ0v) is 14.0. The minimum Gasteiger partial charge on any atom is -0.324 e. The predicted octanol–water partition coefficient (Wildman–Crippen LogP) is 5.92. The average Bonchev–Trinajstić information content (AvgIpc) is 2.87. The summed E-state index contributed by atoms with van der Waals surface area (Å²) < 4.78 is 76.0. The van der Waals surface area contributed by atoms with Crippen LogP contribution in [0.4, 0.5) is 37.7 Å². The van der Waals surface area contributed by atoms with Crippen LogP contribution >= 0.6 is 22.9 Å². The van der Waals surface area contributed by atoms with Gasteiger partial charge in [0.2, 0.25) is 0 Å². The van der Waals surface area contributed by atoms with Crippen LogP contribution in [0.3, 0.4) is 0 Å². The second-order valence-electron chi connectivity index (χ2n) is 4.88. The average molecular weight is 402 g/mol. The van der Waals surface area contributed by atoms with Crippen molar-refractivity contribution in [2.45, 2.75) is 12.4 Å². The highest BCUT2D eigenvalue weighted by molar-refractivity contribution is 7.17. The summed E-state index contributed by atoms with van der Waals surface area (Å²) in [6, 6.07) is 4.94. The SMILES string of the molecule is CN(C(=N)Nc1cc(C(F)(F)F)sc1Cl)c1cccc(C(F)(F)F)c1. The zero-order chi connectivity index (χ0) is 19.0. The van der Waals surface area contributed by atoms with Crippen LogP contribution in [0.2, 0.25) is 4.34 Å². The van der Waals surface area contributed by atoms with E-state index in [1.165, 1.54) is 19.2 Å². The van der Waals surface area contributed by atoms with Gasteiger partial charge < -0.3 is 10.2 Å². The van der Waals surface area contributed by atoms with E-state index < -0.39 is 28.8 Å². The molecule has 3 nitrogen and oxygen atoms in total. The first-order chi connectivity index (χ1) is 11.4. The maximum atomic E-state index is 12.7. The molecule has 2 aromatic rings. The van der Waals surface area contributed by atoms with E-state index in [0.29, 0.717) is 11.3 Å². The molecule has 25 heavy (non-hydrogen) atoms. The number of rotatable bonds is 2. The van der Waals surface area contributed by atoms with Crippen molar-refractivity contribution in [3.63, 3.8) is 0 Å². The highest BCUT2D eigenvalue weighted by Crippen LogP contribution is 2.41. The van der Waals surface area contributed by atoms with Gasteiger partial charge in [-0.25, -0.2) is 0 Å². The van der Waals surface area contributed by atoms with Crippen LogP contribution in [-0.2, 0) is 12.4 Å². The molecule has 0 saturated carbocycles. The minimum atomic E-state index is -4.58. The first-order valence-electron chi connectivity index (χ1n) is 6.52. The zero-order valence-electron chi connectivity index (χ0n) is 12.4. The molecule has 1 heterocycles. The second-order valence-corrected chi connectivity index (χ2v) is 6.53. The molecule has 0 bridgehead atoms. The lowest BCUT2D eigenvalue weighted by Gasteiger charge is -2.21. The molecule has 2 N–H and O–H groups in total. The van der Waals surface area contributed by atoms with Crippen molar-refractivity contribution in [1.82, 2.24) is 0 Å². The molecule has 2 rings (SSSR count). The molecule has 0 aliphatic rings. The van der Waals surface area contributed by atoms with Crippen LogP contribution in [-0.4, -0.2) is 13.0 Å². The molecule has 0 atom stereocenters. The van der Waals surface area contributed by atoms with Gasteiger partial charge >= 0.3 is 12.4 Å².